The Balaban J connectivity index is 2.20. The molecule has 1 rings (SSSR count). The molecule has 1 heterocycles. The van der Waals surface area contributed by atoms with Crippen molar-refractivity contribution in [2.45, 2.75) is 0 Å². The Morgan fingerprint density at radius 1 is 1.35 bits per heavy atom. The molecule has 0 atom stereocenters. The summed E-state index contributed by atoms with van der Waals surface area (Å²) in [5, 5.41) is 11.8. The molecule has 1 aromatic heterocycles. The van der Waals surface area contributed by atoms with Gasteiger partial charge in [0.2, 0.25) is 0 Å². The van der Waals surface area contributed by atoms with Crippen molar-refractivity contribution in [1.29, 1.82) is 5.26 Å². The fourth-order valence-corrected chi connectivity index (χ4v) is 1.14. The zero-order chi connectivity index (χ0) is 12.5. The normalized spacial score (nSPS) is 10.2. The lowest BCUT2D eigenvalue weighted by Gasteiger charge is -2.10. The fraction of sp³-hybridized carbons (Fsp3) is 0.545. The average Bonchev–Trinajstić information content (AvgIpc) is 2.33. The number of aromatic nitrogens is 2. The highest BCUT2D eigenvalue weighted by atomic mass is 16.5. The quantitative estimate of drug-likeness (QED) is 0.687. The van der Waals surface area contributed by atoms with E-state index in [1.54, 1.807) is 6.20 Å². The van der Waals surface area contributed by atoms with Gasteiger partial charge < -0.3 is 15.0 Å². The van der Waals surface area contributed by atoms with Gasteiger partial charge in [-0.1, -0.05) is 0 Å². The van der Waals surface area contributed by atoms with Gasteiger partial charge in [0.05, 0.1) is 13.2 Å². The molecule has 0 saturated carbocycles. The number of nitrogens with zero attached hydrogens (tertiary/aromatic N) is 4. The monoisotopic (exact) mass is 235 g/mol. The molecule has 1 aromatic rings. The highest BCUT2D eigenvalue weighted by Crippen LogP contribution is 2.05. The molecule has 0 aliphatic carbocycles. The largest absolute Gasteiger partial charge is 0.378 e. The van der Waals surface area contributed by atoms with Crippen LogP contribution in [0.1, 0.15) is 5.69 Å². The molecule has 17 heavy (non-hydrogen) atoms. The van der Waals surface area contributed by atoms with Gasteiger partial charge in [-0.05, 0) is 14.1 Å². The maximum absolute atomic E-state index is 8.79. The van der Waals surface area contributed by atoms with Crippen LogP contribution in [0.25, 0.3) is 0 Å². The minimum atomic E-state index is 0.306. The first-order valence-corrected chi connectivity index (χ1v) is 5.41. The maximum Gasteiger partial charge on any atom is 0.182 e. The van der Waals surface area contributed by atoms with Crippen LogP contribution in [0.15, 0.2) is 12.4 Å². The van der Waals surface area contributed by atoms with Gasteiger partial charge in [0, 0.05) is 25.5 Å². The molecule has 6 nitrogen and oxygen atoms in total. The standard InChI is InChI=1S/C11H17N5O/c1-16(2)6-8-17-7-5-15-11-10(9-12)13-3-4-14-11/h3-4H,5-8H2,1-2H3,(H,14,15). The molecule has 0 unspecified atom stereocenters. The summed E-state index contributed by atoms with van der Waals surface area (Å²) in [5.74, 6) is 0.506. The van der Waals surface area contributed by atoms with Crippen LogP contribution < -0.4 is 5.32 Å². The summed E-state index contributed by atoms with van der Waals surface area (Å²) in [4.78, 5) is 10.00. The van der Waals surface area contributed by atoms with E-state index < -0.39 is 0 Å². The Kier molecular flexibility index (Phi) is 5.93. The number of nitriles is 1. The van der Waals surface area contributed by atoms with Crippen molar-refractivity contribution < 1.29 is 4.74 Å². The molecule has 92 valence electrons. The third-order valence-corrected chi connectivity index (χ3v) is 2.03. The van der Waals surface area contributed by atoms with E-state index in [1.807, 2.05) is 20.2 Å². The minimum absolute atomic E-state index is 0.306. The third-order valence-electron chi connectivity index (χ3n) is 2.03. The van der Waals surface area contributed by atoms with Crippen LogP contribution in [0, 0.1) is 11.3 Å². The number of rotatable bonds is 7. The summed E-state index contributed by atoms with van der Waals surface area (Å²) < 4.78 is 5.40. The second-order valence-electron chi connectivity index (χ2n) is 3.71. The van der Waals surface area contributed by atoms with Crippen molar-refractivity contribution in [2.75, 3.05) is 45.7 Å². The van der Waals surface area contributed by atoms with Crippen molar-refractivity contribution in [3.05, 3.63) is 18.1 Å². The molecule has 0 spiro atoms. The Bertz CT molecular complexity index is 374. The first-order valence-electron chi connectivity index (χ1n) is 5.41. The van der Waals surface area contributed by atoms with E-state index in [0.717, 1.165) is 6.54 Å². The molecule has 1 N–H and O–H groups in total. The van der Waals surface area contributed by atoms with Crippen LogP contribution in [-0.4, -0.2) is 55.3 Å². The Labute approximate surface area is 101 Å². The van der Waals surface area contributed by atoms with Gasteiger partial charge in [-0.15, -0.1) is 0 Å². The van der Waals surface area contributed by atoms with Crippen molar-refractivity contribution in [2.24, 2.45) is 0 Å². The SMILES string of the molecule is CN(C)CCOCCNc1nccnc1C#N. The topological polar surface area (TPSA) is 74.1 Å². The summed E-state index contributed by atoms with van der Waals surface area (Å²) in [6.45, 7) is 2.78. The molecule has 0 radical (unpaired) electrons. The number of hydrogen-bond donors (Lipinski definition) is 1. The minimum Gasteiger partial charge on any atom is -0.378 e. The Morgan fingerprint density at radius 3 is 2.82 bits per heavy atom. The highest BCUT2D eigenvalue weighted by molar-refractivity contribution is 5.46. The lowest BCUT2D eigenvalue weighted by atomic mass is 10.4. The average molecular weight is 235 g/mol. The summed E-state index contributed by atoms with van der Waals surface area (Å²) >= 11 is 0. The maximum atomic E-state index is 8.79. The smallest absolute Gasteiger partial charge is 0.182 e. The van der Waals surface area contributed by atoms with Gasteiger partial charge in [0.25, 0.3) is 0 Å². The molecule has 0 aliphatic rings. The van der Waals surface area contributed by atoms with E-state index in [1.165, 1.54) is 6.20 Å². The van der Waals surface area contributed by atoms with E-state index >= 15 is 0 Å². The zero-order valence-electron chi connectivity index (χ0n) is 10.2. The van der Waals surface area contributed by atoms with E-state index in [0.29, 0.717) is 31.3 Å². The molecule has 6 heteroatoms. The van der Waals surface area contributed by atoms with Crippen molar-refractivity contribution >= 4 is 5.82 Å². The molecule has 0 amide bonds. The lowest BCUT2D eigenvalue weighted by Crippen LogP contribution is -2.20. The predicted octanol–water partition coefficient (Wildman–Crippen LogP) is 0.338. The van der Waals surface area contributed by atoms with Gasteiger partial charge in [0.1, 0.15) is 6.07 Å². The second-order valence-corrected chi connectivity index (χ2v) is 3.71. The first-order chi connectivity index (χ1) is 8.24. The summed E-state index contributed by atoms with van der Waals surface area (Å²) in [6, 6.07) is 1.98. The van der Waals surface area contributed by atoms with E-state index in [-0.39, 0.29) is 0 Å². The molecule has 0 bridgehead atoms. The van der Waals surface area contributed by atoms with Crippen LogP contribution in [0.3, 0.4) is 0 Å². The van der Waals surface area contributed by atoms with Gasteiger partial charge in [-0.25, -0.2) is 9.97 Å². The van der Waals surface area contributed by atoms with Crippen LogP contribution in [0.2, 0.25) is 0 Å². The predicted molar refractivity (Wildman–Crippen MR) is 64.6 cm³/mol. The number of ether oxygens (including phenoxy) is 1. The van der Waals surface area contributed by atoms with Gasteiger partial charge in [-0.3, -0.25) is 0 Å². The molecule has 0 aromatic carbocycles. The molecule has 0 aliphatic heterocycles. The third kappa shape index (κ3) is 5.24. The van der Waals surface area contributed by atoms with Crippen LogP contribution >= 0.6 is 0 Å². The van der Waals surface area contributed by atoms with Crippen LogP contribution in [-0.2, 0) is 4.74 Å². The molecular weight excluding hydrogens is 218 g/mol. The zero-order valence-corrected chi connectivity index (χ0v) is 10.2. The van der Waals surface area contributed by atoms with Gasteiger partial charge >= 0.3 is 0 Å². The van der Waals surface area contributed by atoms with Crippen LogP contribution in [0.4, 0.5) is 5.82 Å². The number of anilines is 1. The van der Waals surface area contributed by atoms with E-state index in [4.69, 9.17) is 10.00 Å². The first kappa shape index (κ1) is 13.4. The molecule has 0 fully saturated rings. The highest BCUT2D eigenvalue weighted by Gasteiger charge is 2.02. The van der Waals surface area contributed by atoms with E-state index in [2.05, 4.69) is 20.2 Å². The van der Waals surface area contributed by atoms with Crippen molar-refractivity contribution in [3.8, 4) is 6.07 Å². The van der Waals surface area contributed by atoms with E-state index in [9.17, 15) is 0 Å². The Hall–Kier alpha value is -1.71. The molecule has 0 saturated heterocycles. The summed E-state index contributed by atoms with van der Waals surface area (Å²) in [7, 11) is 4.00. The van der Waals surface area contributed by atoms with Gasteiger partial charge in [-0.2, -0.15) is 5.26 Å². The number of nitrogens with one attached hydrogen (secondary N) is 1. The van der Waals surface area contributed by atoms with Crippen molar-refractivity contribution in [1.82, 2.24) is 14.9 Å². The number of likely N-dealkylation sites (N-methyl/N-ethyl adjacent to an activating group) is 1. The summed E-state index contributed by atoms with van der Waals surface area (Å²) in [5.41, 5.74) is 0.306. The van der Waals surface area contributed by atoms with Crippen molar-refractivity contribution in [3.63, 3.8) is 0 Å². The van der Waals surface area contributed by atoms with Crippen LogP contribution in [0.5, 0.6) is 0 Å². The second kappa shape index (κ2) is 7.54. The molecular formula is C11H17N5O. The Morgan fingerprint density at radius 2 is 2.12 bits per heavy atom. The van der Waals surface area contributed by atoms with Gasteiger partial charge in [0.15, 0.2) is 11.5 Å². The lowest BCUT2D eigenvalue weighted by molar-refractivity contribution is 0.126. The fourth-order valence-electron chi connectivity index (χ4n) is 1.14. The number of hydrogen-bond acceptors (Lipinski definition) is 6. The summed E-state index contributed by atoms with van der Waals surface area (Å²) in [6.07, 6.45) is 3.05.